The van der Waals surface area contributed by atoms with Crippen LogP contribution in [0.3, 0.4) is 0 Å². The number of rotatable bonds is 3. The second-order valence-electron chi connectivity index (χ2n) is 3.78. The second kappa shape index (κ2) is 4.39. The van der Waals surface area contributed by atoms with Crippen LogP contribution in [0.5, 0.6) is 5.88 Å². The Morgan fingerprint density at radius 3 is 2.81 bits per heavy atom. The summed E-state index contributed by atoms with van der Waals surface area (Å²) in [7, 11) is 1.74. The fraction of sp³-hybridized carbons (Fsp3) is 0.308. The van der Waals surface area contributed by atoms with Crippen LogP contribution in [0, 0.1) is 0 Å². The fourth-order valence-electron chi connectivity index (χ4n) is 1.67. The van der Waals surface area contributed by atoms with Crippen molar-refractivity contribution in [1.29, 1.82) is 0 Å². The number of ether oxygens (including phenoxy) is 1. The van der Waals surface area contributed by atoms with Crippen LogP contribution >= 0.6 is 0 Å². The van der Waals surface area contributed by atoms with Gasteiger partial charge in [0.15, 0.2) is 5.88 Å². The Kier molecular flexibility index (Phi) is 2.95. The summed E-state index contributed by atoms with van der Waals surface area (Å²) in [5.41, 5.74) is -0.01000. The Hall–Kier alpha value is -1.77. The van der Waals surface area contributed by atoms with Gasteiger partial charge in [0.05, 0.1) is 6.61 Å². The fourth-order valence-corrected chi connectivity index (χ4v) is 1.67. The molecular weight excluding hydrogens is 202 g/mol. The molecule has 3 heteroatoms. The quantitative estimate of drug-likeness (QED) is 0.790. The summed E-state index contributed by atoms with van der Waals surface area (Å²) in [4.78, 5) is 12.0. The van der Waals surface area contributed by atoms with Gasteiger partial charge in [-0.3, -0.25) is 9.36 Å². The minimum Gasteiger partial charge on any atom is -0.479 e. The summed E-state index contributed by atoms with van der Waals surface area (Å²) < 4.78 is 7.09. The van der Waals surface area contributed by atoms with E-state index in [2.05, 4.69) is 0 Å². The molecule has 84 valence electrons. The van der Waals surface area contributed by atoms with Gasteiger partial charge < -0.3 is 4.74 Å². The molecule has 16 heavy (non-hydrogen) atoms. The highest BCUT2D eigenvalue weighted by Gasteiger charge is 2.05. The van der Waals surface area contributed by atoms with Gasteiger partial charge in [-0.1, -0.05) is 25.1 Å². The third kappa shape index (κ3) is 1.81. The standard InChI is InChI=1S/C13H15NO2/c1-3-8-16-12-9-10-6-4-5-7-11(10)13(15)14(12)2/h4-7,9H,3,8H2,1-2H3. The Labute approximate surface area is 94.3 Å². The number of fused-ring (bicyclic) bond motifs is 1. The normalized spacial score (nSPS) is 10.6. The van der Waals surface area contributed by atoms with Crippen molar-refractivity contribution in [1.82, 2.24) is 4.57 Å². The monoisotopic (exact) mass is 217 g/mol. The molecule has 0 spiro atoms. The van der Waals surface area contributed by atoms with Gasteiger partial charge in [-0.25, -0.2) is 0 Å². The summed E-state index contributed by atoms with van der Waals surface area (Å²) in [5, 5.41) is 1.66. The lowest BCUT2D eigenvalue weighted by molar-refractivity contribution is 0.292. The highest BCUT2D eigenvalue weighted by molar-refractivity contribution is 5.82. The van der Waals surface area contributed by atoms with E-state index < -0.39 is 0 Å². The summed E-state index contributed by atoms with van der Waals surface area (Å²) >= 11 is 0. The molecule has 0 bridgehead atoms. The number of hydrogen-bond acceptors (Lipinski definition) is 2. The van der Waals surface area contributed by atoms with Gasteiger partial charge in [-0.15, -0.1) is 0 Å². The van der Waals surface area contributed by atoms with E-state index in [-0.39, 0.29) is 5.56 Å². The number of benzene rings is 1. The maximum Gasteiger partial charge on any atom is 0.260 e. The number of nitrogens with zero attached hydrogens (tertiary/aromatic N) is 1. The second-order valence-corrected chi connectivity index (χ2v) is 3.78. The van der Waals surface area contributed by atoms with Gasteiger partial charge in [0, 0.05) is 18.5 Å². The van der Waals surface area contributed by atoms with Crippen molar-refractivity contribution in [3.8, 4) is 5.88 Å². The molecule has 2 aromatic rings. The molecule has 0 atom stereocenters. The average Bonchev–Trinajstić information content (AvgIpc) is 2.32. The van der Waals surface area contributed by atoms with Gasteiger partial charge in [0.2, 0.25) is 0 Å². The van der Waals surface area contributed by atoms with Crippen molar-refractivity contribution < 1.29 is 4.74 Å². The SMILES string of the molecule is CCCOc1cc2ccccc2c(=O)n1C. The van der Waals surface area contributed by atoms with Crippen molar-refractivity contribution in [3.05, 3.63) is 40.7 Å². The third-order valence-electron chi connectivity index (χ3n) is 2.56. The van der Waals surface area contributed by atoms with Gasteiger partial charge >= 0.3 is 0 Å². The number of aromatic nitrogens is 1. The van der Waals surface area contributed by atoms with Crippen LogP contribution in [0.15, 0.2) is 35.1 Å². The van der Waals surface area contributed by atoms with Crippen LogP contribution in [-0.4, -0.2) is 11.2 Å². The third-order valence-corrected chi connectivity index (χ3v) is 2.56. The zero-order valence-electron chi connectivity index (χ0n) is 9.56. The number of hydrogen-bond donors (Lipinski definition) is 0. The first-order valence-electron chi connectivity index (χ1n) is 5.45. The molecule has 0 unspecified atom stereocenters. The molecule has 0 fully saturated rings. The first kappa shape index (κ1) is 10.7. The molecule has 1 heterocycles. The molecule has 0 aliphatic rings. The van der Waals surface area contributed by atoms with E-state index in [4.69, 9.17) is 4.74 Å². The van der Waals surface area contributed by atoms with Crippen LogP contribution in [0.4, 0.5) is 0 Å². The molecule has 0 saturated heterocycles. The lowest BCUT2D eigenvalue weighted by Gasteiger charge is -2.10. The minimum atomic E-state index is -0.01000. The van der Waals surface area contributed by atoms with Crippen molar-refractivity contribution in [3.63, 3.8) is 0 Å². The predicted octanol–water partition coefficient (Wildman–Crippen LogP) is 2.33. The van der Waals surface area contributed by atoms with Crippen LogP contribution in [0.25, 0.3) is 10.8 Å². The first-order chi connectivity index (χ1) is 7.74. The summed E-state index contributed by atoms with van der Waals surface area (Å²) in [6, 6.07) is 9.46. The minimum absolute atomic E-state index is 0.01000. The molecule has 0 amide bonds. The average molecular weight is 217 g/mol. The van der Waals surface area contributed by atoms with E-state index in [0.717, 1.165) is 17.2 Å². The molecule has 0 saturated carbocycles. The highest BCUT2D eigenvalue weighted by atomic mass is 16.5. The lowest BCUT2D eigenvalue weighted by atomic mass is 10.2. The van der Waals surface area contributed by atoms with Crippen LogP contribution in [-0.2, 0) is 7.05 Å². The van der Waals surface area contributed by atoms with Gasteiger partial charge in [0.25, 0.3) is 5.56 Å². The summed E-state index contributed by atoms with van der Waals surface area (Å²) in [5.74, 6) is 0.630. The molecule has 1 aromatic heterocycles. The molecule has 0 aliphatic heterocycles. The zero-order chi connectivity index (χ0) is 11.5. The topological polar surface area (TPSA) is 31.2 Å². The smallest absolute Gasteiger partial charge is 0.260 e. The van der Waals surface area contributed by atoms with E-state index in [9.17, 15) is 4.79 Å². The van der Waals surface area contributed by atoms with E-state index in [0.29, 0.717) is 12.5 Å². The van der Waals surface area contributed by atoms with Crippen LogP contribution in [0.1, 0.15) is 13.3 Å². The van der Waals surface area contributed by atoms with Gasteiger partial charge in [-0.2, -0.15) is 0 Å². The van der Waals surface area contributed by atoms with Gasteiger partial charge in [-0.05, 0) is 17.9 Å². The van der Waals surface area contributed by atoms with E-state index in [1.165, 1.54) is 0 Å². The summed E-state index contributed by atoms with van der Waals surface area (Å²) in [6.45, 7) is 2.67. The highest BCUT2D eigenvalue weighted by Crippen LogP contribution is 2.16. The van der Waals surface area contributed by atoms with E-state index in [1.54, 1.807) is 11.6 Å². The van der Waals surface area contributed by atoms with Crippen LogP contribution in [0.2, 0.25) is 0 Å². The first-order valence-corrected chi connectivity index (χ1v) is 5.45. The van der Waals surface area contributed by atoms with Crippen LogP contribution < -0.4 is 10.3 Å². The Morgan fingerprint density at radius 1 is 1.31 bits per heavy atom. The maximum atomic E-state index is 12.0. The number of pyridine rings is 1. The maximum absolute atomic E-state index is 12.0. The van der Waals surface area contributed by atoms with Crippen molar-refractivity contribution in [2.75, 3.05) is 6.61 Å². The molecule has 1 aromatic carbocycles. The molecule has 0 N–H and O–H groups in total. The largest absolute Gasteiger partial charge is 0.479 e. The van der Waals surface area contributed by atoms with Gasteiger partial charge in [0.1, 0.15) is 0 Å². The molecule has 3 nitrogen and oxygen atoms in total. The Bertz CT molecular complexity index is 557. The van der Waals surface area contributed by atoms with Crippen molar-refractivity contribution in [2.45, 2.75) is 13.3 Å². The van der Waals surface area contributed by atoms with E-state index in [1.807, 2.05) is 37.3 Å². The Balaban J connectivity index is 2.60. The molecule has 2 rings (SSSR count). The molecular formula is C13H15NO2. The molecule has 0 aliphatic carbocycles. The van der Waals surface area contributed by atoms with Crippen molar-refractivity contribution in [2.24, 2.45) is 7.05 Å². The summed E-state index contributed by atoms with van der Waals surface area (Å²) in [6.07, 6.45) is 0.932. The van der Waals surface area contributed by atoms with E-state index >= 15 is 0 Å². The lowest BCUT2D eigenvalue weighted by Crippen LogP contribution is -2.19. The Morgan fingerprint density at radius 2 is 2.06 bits per heavy atom. The molecule has 0 radical (unpaired) electrons. The van der Waals surface area contributed by atoms with Crippen molar-refractivity contribution >= 4 is 10.8 Å². The zero-order valence-corrected chi connectivity index (χ0v) is 9.56. The predicted molar refractivity (Wildman–Crippen MR) is 65.0 cm³/mol.